The zero-order valence-corrected chi connectivity index (χ0v) is 21.0. The molecule has 5 aromatic rings. The zero-order valence-electron chi connectivity index (χ0n) is 21.0. The minimum Gasteiger partial charge on any atom is -0.382 e. The number of alkyl halides is 5. The molecule has 1 fully saturated rings. The number of benzene rings is 1. The molecule has 1 aliphatic rings. The Hall–Kier alpha value is -5.02. The summed E-state index contributed by atoms with van der Waals surface area (Å²) in [6, 6.07) is 9.98. The van der Waals surface area contributed by atoms with E-state index in [1.165, 1.54) is 21.9 Å². The van der Waals surface area contributed by atoms with Crippen molar-refractivity contribution in [2.24, 2.45) is 0 Å². The largest absolute Gasteiger partial charge is 0.405 e. The highest BCUT2D eigenvalue weighted by Crippen LogP contribution is 2.34. The summed E-state index contributed by atoms with van der Waals surface area (Å²) < 4.78 is 66.7. The molecule has 0 unspecified atom stereocenters. The van der Waals surface area contributed by atoms with E-state index in [9.17, 15) is 26.7 Å². The summed E-state index contributed by atoms with van der Waals surface area (Å²) in [5.41, 5.74) is 8.52. The smallest absolute Gasteiger partial charge is 0.382 e. The molecule has 16 heteroatoms. The van der Waals surface area contributed by atoms with E-state index in [0.29, 0.717) is 34.2 Å². The van der Waals surface area contributed by atoms with Gasteiger partial charge in [0.25, 0.3) is 11.8 Å². The van der Waals surface area contributed by atoms with Gasteiger partial charge in [-0.2, -0.15) is 18.3 Å². The van der Waals surface area contributed by atoms with Crippen LogP contribution in [0.15, 0.2) is 48.9 Å². The summed E-state index contributed by atoms with van der Waals surface area (Å²) in [7, 11) is 0. The number of nitrogens with one attached hydrogen (secondary N) is 3. The quantitative estimate of drug-likeness (QED) is 0.223. The molecule has 0 saturated carbocycles. The number of aromatic amines is 1. The number of hydrogen-bond donors (Lipinski definition) is 4. The predicted molar refractivity (Wildman–Crippen MR) is 140 cm³/mol. The zero-order chi connectivity index (χ0) is 28.9. The number of imidazole rings is 1. The maximum absolute atomic E-state index is 13.6. The minimum absolute atomic E-state index is 0.0406. The molecule has 0 radical (unpaired) electrons. The number of aromatic nitrogens is 6. The molecule has 0 atom stereocenters. The SMILES string of the molecule is Nc1ncnn2cc(C(=O)NCC(F)(F)F)c(-c3ccc(Nc4nc5ccc(N6CCC(F)(F)C6)nc5[nH]4)cc3)c12. The third-order valence-corrected chi connectivity index (χ3v) is 6.55. The number of H-pyrrole nitrogens is 1. The number of carbonyl (C=O) groups excluding carboxylic acids is 1. The molecule has 1 amide bonds. The van der Waals surface area contributed by atoms with Crippen LogP contribution < -0.4 is 21.3 Å². The van der Waals surface area contributed by atoms with E-state index in [1.807, 2.05) is 5.32 Å². The third kappa shape index (κ3) is 5.27. The van der Waals surface area contributed by atoms with Crippen LogP contribution in [0, 0.1) is 0 Å². The lowest BCUT2D eigenvalue weighted by Gasteiger charge is -2.16. The van der Waals surface area contributed by atoms with Crippen LogP contribution >= 0.6 is 0 Å². The summed E-state index contributed by atoms with van der Waals surface area (Å²) in [4.78, 5) is 30.1. The van der Waals surface area contributed by atoms with Gasteiger partial charge < -0.3 is 26.3 Å². The molecule has 0 spiro atoms. The van der Waals surface area contributed by atoms with Crippen LogP contribution in [0.1, 0.15) is 16.8 Å². The first-order chi connectivity index (χ1) is 19.5. The van der Waals surface area contributed by atoms with Crippen LogP contribution in [-0.2, 0) is 0 Å². The van der Waals surface area contributed by atoms with Crippen molar-refractivity contribution in [2.75, 3.05) is 35.6 Å². The Kier molecular flexibility index (Phi) is 6.12. The first-order valence-electron chi connectivity index (χ1n) is 12.3. The number of nitrogens with two attached hydrogens (primary N) is 1. The molecular weight excluding hydrogens is 551 g/mol. The third-order valence-electron chi connectivity index (χ3n) is 6.55. The number of amides is 1. The Morgan fingerprint density at radius 2 is 1.90 bits per heavy atom. The van der Waals surface area contributed by atoms with E-state index in [4.69, 9.17) is 5.73 Å². The summed E-state index contributed by atoms with van der Waals surface area (Å²) in [6.45, 7) is -1.69. The molecule has 11 nitrogen and oxygen atoms in total. The standard InChI is InChI=1S/C25H21F5N10O/c26-24(27)7-8-39(11-24)17-6-5-16-21(37-17)38-23(36-16)35-14-3-1-13(2-4-14)18-15(22(41)32-10-25(28,29)30)9-40-19(18)20(31)33-12-34-40/h1-6,9,12H,7-8,10-11H2,(H,32,41)(H2,31,33,34)(H2,35,36,37,38). The van der Waals surface area contributed by atoms with Crippen molar-refractivity contribution in [1.82, 2.24) is 34.9 Å². The fourth-order valence-corrected chi connectivity index (χ4v) is 4.68. The van der Waals surface area contributed by atoms with Gasteiger partial charge in [0, 0.05) is 30.4 Å². The summed E-state index contributed by atoms with van der Waals surface area (Å²) in [6.07, 6.45) is -2.35. The molecule has 41 heavy (non-hydrogen) atoms. The molecule has 5 N–H and O–H groups in total. The van der Waals surface area contributed by atoms with E-state index in [-0.39, 0.29) is 35.4 Å². The van der Waals surface area contributed by atoms with E-state index >= 15 is 0 Å². The van der Waals surface area contributed by atoms with Crippen molar-refractivity contribution < 1.29 is 26.7 Å². The lowest BCUT2D eigenvalue weighted by molar-refractivity contribution is -0.123. The van der Waals surface area contributed by atoms with Crippen molar-refractivity contribution in [3.05, 3.63) is 54.5 Å². The molecule has 1 aliphatic heterocycles. The van der Waals surface area contributed by atoms with E-state index in [2.05, 4.69) is 30.4 Å². The van der Waals surface area contributed by atoms with Crippen molar-refractivity contribution in [1.29, 1.82) is 0 Å². The second kappa shape index (κ2) is 9.57. The van der Waals surface area contributed by atoms with Gasteiger partial charge in [-0.25, -0.2) is 28.2 Å². The Morgan fingerprint density at radius 1 is 1.12 bits per heavy atom. The lowest BCUT2D eigenvalue weighted by atomic mass is 10.0. The number of hydrogen-bond acceptors (Lipinski definition) is 8. The molecule has 212 valence electrons. The molecule has 6 rings (SSSR count). The molecule has 5 heterocycles. The summed E-state index contributed by atoms with van der Waals surface area (Å²) in [5, 5.41) is 8.99. The van der Waals surface area contributed by atoms with Gasteiger partial charge in [-0.1, -0.05) is 12.1 Å². The average molecular weight is 573 g/mol. The number of nitrogen functional groups attached to an aromatic ring is 1. The van der Waals surface area contributed by atoms with Crippen LogP contribution in [0.3, 0.4) is 0 Å². The number of halogens is 5. The Bertz CT molecular complexity index is 1760. The second-order valence-electron chi connectivity index (χ2n) is 9.51. The molecular formula is C25H21F5N10O. The van der Waals surface area contributed by atoms with Crippen LogP contribution in [0.2, 0.25) is 0 Å². The van der Waals surface area contributed by atoms with Crippen molar-refractivity contribution in [2.45, 2.75) is 18.5 Å². The van der Waals surface area contributed by atoms with E-state index in [0.717, 1.165) is 0 Å². The number of fused-ring (bicyclic) bond motifs is 2. The molecule has 1 aromatic carbocycles. The molecule has 0 bridgehead atoms. The molecule has 0 aliphatic carbocycles. The van der Waals surface area contributed by atoms with Gasteiger partial charge in [0.15, 0.2) is 11.5 Å². The maximum atomic E-state index is 13.6. The Labute approximate surface area is 227 Å². The van der Waals surface area contributed by atoms with Crippen molar-refractivity contribution >= 4 is 45.9 Å². The lowest BCUT2D eigenvalue weighted by Crippen LogP contribution is -2.33. The monoisotopic (exact) mass is 572 g/mol. The van der Waals surface area contributed by atoms with Crippen molar-refractivity contribution in [3.63, 3.8) is 0 Å². The Balaban J connectivity index is 1.26. The van der Waals surface area contributed by atoms with Crippen LogP contribution in [0.5, 0.6) is 0 Å². The average Bonchev–Trinajstić information content (AvgIpc) is 3.61. The number of carbonyl (C=O) groups is 1. The number of anilines is 4. The number of rotatable bonds is 6. The number of nitrogens with zero attached hydrogens (tertiary/aromatic N) is 6. The van der Waals surface area contributed by atoms with Gasteiger partial charge in [0.1, 0.15) is 29.7 Å². The fraction of sp³-hybridized carbons (Fsp3) is 0.240. The highest BCUT2D eigenvalue weighted by atomic mass is 19.4. The first kappa shape index (κ1) is 26.2. The number of pyridine rings is 1. The van der Waals surface area contributed by atoms with Gasteiger partial charge in [0.05, 0.1) is 12.1 Å². The second-order valence-corrected chi connectivity index (χ2v) is 9.51. The highest BCUT2D eigenvalue weighted by Gasteiger charge is 2.38. The van der Waals surface area contributed by atoms with Gasteiger partial charge in [-0.3, -0.25) is 4.79 Å². The van der Waals surface area contributed by atoms with Crippen LogP contribution in [0.4, 0.5) is 45.2 Å². The summed E-state index contributed by atoms with van der Waals surface area (Å²) >= 11 is 0. The molecule has 4 aromatic heterocycles. The van der Waals surface area contributed by atoms with Crippen LogP contribution in [0.25, 0.3) is 27.8 Å². The summed E-state index contributed by atoms with van der Waals surface area (Å²) in [5.74, 6) is -2.88. The Morgan fingerprint density at radius 3 is 2.61 bits per heavy atom. The molecule has 1 saturated heterocycles. The maximum Gasteiger partial charge on any atom is 0.405 e. The van der Waals surface area contributed by atoms with Gasteiger partial charge >= 0.3 is 6.18 Å². The highest BCUT2D eigenvalue weighted by molar-refractivity contribution is 6.07. The van der Waals surface area contributed by atoms with Gasteiger partial charge in [-0.15, -0.1) is 0 Å². The van der Waals surface area contributed by atoms with E-state index < -0.39 is 31.1 Å². The van der Waals surface area contributed by atoms with E-state index in [1.54, 1.807) is 36.4 Å². The predicted octanol–water partition coefficient (Wildman–Crippen LogP) is 4.13. The minimum atomic E-state index is -4.59. The van der Waals surface area contributed by atoms with Gasteiger partial charge in [0.2, 0.25) is 5.95 Å². The van der Waals surface area contributed by atoms with Crippen molar-refractivity contribution in [3.8, 4) is 11.1 Å². The first-order valence-corrected chi connectivity index (χ1v) is 12.3. The fourth-order valence-electron chi connectivity index (χ4n) is 4.68. The van der Waals surface area contributed by atoms with Gasteiger partial charge in [-0.05, 0) is 29.8 Å². The topological polar surface area (TPSA) is 142 Å². The van der Waals surface area contributed by atoms with Crippen LogP contribution in [-0.4, -0.2) is 67.2 Å². The normalized spacial score (nSPS) is 15.1.